The van der Waals surface area contributed by atoms with Crippen molar-refractivity contribution in [3.63, 3.8) is 0 Å². The Morgan fingerprint density at radius 1 is 1.10 bits per heavy atom. The molecule has 112 valence electrons. The normalized spacial score (nSPS) is 12.9. The van der Waals surface area contributed by atoms with Gasteiger partial charge in [0.05, 0.1) is 0 Å². The molecule has 2 rings (SSSR count). The number of para-hydroxylation sites is 1. The maximum absolute atomic E-state index is 10.6. The smallest absolute Gasteiger partial charge is 0.321 e. The zero-order valence-corrected chi connectivity index (χ0v) is 11.3. The van der Waals surface area contributed by atoms with Crippen LogP contribution in [0.15, 0.2) is 36.5 Å². The van der Waals surface area contributed by atoms with E-state index in [-0.39, 0.29) is 0 Å². The molecule has 0 saturated heterocycles. The van der Waals surface area contributed by atoms with E-state index in [1.54, 1.807) is 0 Å². The predicted molar refractivity (Wildman–Crippen MR) is 75.7 cm³/mol. The highest BCUT2D eigenvalue weighted by atomic mass is 16.4. The minimum atomic E-state index is -1.68. The summed E-state index contributed by atoms with van der Waals surface area (Å²) in [4.78, 5) is 34.3. The van der Waals surface area contributed by atoms with Gasteiger partial charge in [-0.25, -0.2) is 0 Å². The lowest BCUT2D eigenvalue weighted by Gasteiger charge is -2.12. The Hall–Kier alpha value is -2.67. The summed E-state index contributed by atoms with van der Waals surface area (Å²) in [5.74, 6) is -5.45. The van der Waals surface area contributed by atoms with Crippen molar-refractivity contribution in [1.82, 2.24) is 4.98 Å². The van der Waals surface area contributed by atoms with Crippen LogP contribution in [0, 0.1) is 5.92 Å². The quantitative estimate of drug-likeness (QED) is 0.617. The number of aliphatic carboxylic acids is 2. The molecule has 0 bridgehead atoms. The third-order valence-corrected chi connectivity index (χ3v) is 2.81. The summed E-state index contributed by atoms with van der Waals surface area (Å²) in [5, 5.41) is 18.0. The van der Waals surface area contributed by atoms with Crippen LogP contribution < -0.4 is 5.73 Å². The average molecular weight is 292 g/mol. The maximum atomic E-state index is 10.6. The van der Waals surface area contributed by atoms with E-state index in [4.69, 9.17) is 15.9 Å². The number of hydrogen-bond acceptors (Lipinski definition) is 4. The number of carbonyl (C=O) groups excluding carboxylic acids is 1. The van der Waals surface area contributed by atoms with Crippen LogP contribution in [0.1, 0.15) is 6.92 Å². The van der Waals surface area contributed by atoms with Crippen molar-refractivity contribution in [2.75, 3.05) is 0 Å². The third-order valence-electron chi connectivity index (χ3n) is 2.81. The van der Waals surface area contributed by atoms with Gasteiger partial charge < -0.3 is 20.9 Å². The van der Waals surface area contributed by atoms with Crippen LogP contribution in [0.4, 0.5) is 0 Å². The summed E-state index contributed by atoms with van der Waals surface area (Å²) < 4.78 is 0. The number of nitrogens with two attached hydrogens (primary N) is 1. The van der Waals surface area contributed by atoms with Gasteiger partial charge in [0.25, 0.3) is 0 Å². The minimum Gasteiger partial charge on any atom is -0.481 e. The first-order chi connectivity index (χ1) is 9.84. The van der Waals surface area contributed by atoms with Crippen LogP contribution in [0.5, 0.6) is 0 Å². The SMILES string of the molecule is CC(=O)C(C(=O)O)[C@H](N)C(=O)O.c1ccc2[nH]ccc2c1. The topological polar surface area (TPSA) is 133 Å². The maximum Gasteiger partial charge on any atom is 0.321 e. The molecule has 0 amide bonds. The van der Waals surface area contributed by atoms with Crippen molar-refractivity contribution < 1.29 is 24.6 Å². The summed E-state index contributed by atoms with van der Waals surface area (Å²) in [6.07, 6.45) is 1.95. The first kappa shape index (κ1) is 16.4. The van der Waals surface area contributed by atoms with Gasteiger partial charge in [0.15, 0.2) is 0 Å². The van der Waals surface area contributed by atoms with Gasteiger partial charge in [0, 0.05) is 11.7 Å². The second kappa shape index (κ2) is 7.20. The number of fused-ring (bicyclic) bond motifs is 1. The number of aromatic nitrogens is 1. The summed E-state index contributed by atoms with van der Waals surface area (Å²) in [6, 6.07) is 8.60. The van der Waals surface area contributed by atoms with Crippen LogP contribution in [0.2, 0.25) is 0 Å². The number of carbonyl (C=O) groups is 3. The molecular formula is C14H16N2O5. The molecular weight excluding hydrogens is 276 g/mol. The average Bonchev–Trinajstić information content (AvgIpc) is 2.86. The molecule has 21 heavy (non-hydrogen) atoms. The molecule has 7 nitrogen and oxygen atoms in total. The summed E-state index contributed by atoms with van der Waals surface area (Å²) >= 11 is 0. The Kier molecular flexibility index (Phi) is 5.62. The molecule has 2 atom stereocenters. The van der Waals surface area contributed by atoms with Crippen molar-refractivity contribution in [2.45, 2.75) is 13.0 Å². The van der Waals surface area contributed by atoms with Gasteiger partial charge in [-0.1, -0.05) is 18.2 Å². The van der Waals surface area contributed by atoms with Crippen LogP contribution >= 0.6 is 0 Å². The molecule has 1 aromatic heterocycles. The Labute approximate surface area is 120 Å². The van der Waals surface area contributed by atoms with Gasteiger partial charge in [-0.3, -0.25) is 14.4 Å². The molecule has 1 aromatic carbocycles. The molecule has 0 fully saturated rings. The van der Waals surface area contributed by atoms with E-state index >= 15 is 0 Å². The Bertz CT molecular complexity index is 605. The van der Waals surface area contributed by atoms with Crippen molar-refractivity contribution in [3.8, 4) is 0 Å². The van der Waals surface area contributed by atoms with Crippen molar-refractivity contribution in [2.24, 2.45) is 11.7 Å². The lowest BCUT2D eigenvalue weighted by Crippen LogP contribution is -2.45. The molecule has 1 unspecified atom stereocenters. The van der Waals surface area contributed by atoms with E-state index in [0.29, 0.717) is 0 Å². The first-order valence-corrected chi connectivity index (χ1v) is 6.08. The molecule has 7 heteroatoms. The van der Waals surface area contributed by atoms with Crippen LogP contribution in [0.25, 0.3) is 10.9 Å². The van der Waals surface area contributed by atoms with E-state index in [2.05, 4.69) is 23.2 Å². The van der Waals surface area contributed by atoms with Gasteiger partial charge >= 0.3 is 11.9 Å². The number of H-pyrrole nitrogens is 1. The number of carboxylic acid groups (broad SMARTS) is 2. The Morgan fingerprint density at radius 2 is 1.71 bits per heavy atom. The molecule has 0 aliphatic rings. The van der Waals surface area contributed by atoms with Gasteiger partial charge in [0.2, 0.25) is 0 Å². The summed E-state index contributed by atoms with van der Waals surface area (Å²) in [7, 11) is 0. The largest absolute Gasteiger partial charge is 0.481 e. The molecule has 0 saturated carbocycles. The van der Waals surface area contributed by atoms with E-state index in [1.165, 1.54) is 10.9 Å². The van der Waals surface area contributed by atoms with Crippen molar-refractivity contribution >= 4 is 28.6 Å². The fourth-order valence-corrected chi connectivity index (χ4v) is 1.72. The standard InChI is InChI=1S/C8H7N.C6H9NO5/c1-2-4-8-7(3-1)5-6-9-8;1-2(8)3(5(9)10)4(7)6(11)12/h1-6,9H;3-4H,7H2,1H3,(H,9,10)(H,11,12)/t;3?,4-/m.0/s1. The highest BCUT2D eigenvalue weighted by Crippen LogP contribution is 2.09. The number of nitrogens with one attached hydrogen (secondary N) is 1. The first-order valence-electron chi connectivity index (χ1n) is 6.08. The number of aromatic amines is 1. The number of rotatable bonds is 4. The molecule has 2 aromatic rings. The number of benzene rings is 1. The lowest BCUT2D eigenvalue weighted by atomic mass is 9.97. The molecule has 5 N–H and O–H groups in total. The van der Waals surface area contributed by atoms with Crippen LogP contribution in [-0.4, -0.2) is 39.0 Å². The van der Waals surface area contributed by atoms with Crippen molar-refractivity contribution in [1.29, 1.82) is 0 Å². The van der Waals surface area contributed by atoms with Gasteiger partial charge in [-0.05, 0) is 24.4 Å². The Balaban J connectivity index is 0.000000216. The third kappa shape index (κ3) is 4.43. The lowest BCUT2D eigenvalue weighted by molar-refractivity contribution is -0.153. The monoisotopic (exact) mass is 292 g/mol. The van der Waals surface area contributed by atoms with Gasteiger partial charge in [0.1, 0.15) is 17.7 Å². The van der Waals surface area contributed by atoms with Crippen LogP contribution in [0.3, 0.4) is 0 Å². The summed E-state index contributed by atoms with van der Waals surface area (Å²) in [5.41, 5.74) is 6.17. The molecule has 1 heterocycles. The second-order valence-corrected chi connectivity index (χ2v) is 4.36. The number of hydrogen-bond donors (Lipinski definition) is 4. The van der Waals surface area contributed by atoms with Crippen LogP contribution in [-0.2, 0) is 14.4 Å². The Morgan fingerprint density at radius 3 is 2.14 bits per heavy atom. The number of carboxylic acids is 2. The zero-order chi connectivity index (χ0) is 16.0. The van der Waals surface area contributed by atoms with E-state index in [0.717, 1.165) is 6.92 Å². The zero-order valence-electron chi connectivity index (χ0n) is 11.3. The molecule has 0 radical (unpaired) electrons. The summed E-state index contributed by atoms with van der Waals surface area (Å²) in [6.45, 7) is 0.988. The second-order valence-electron chi connectivity index (χ2n) is 4.36. The van der Waals surface area contributed by atoms with Gasteiger partial charge in [-0.2, -0.15) is 0 Å². The van der Waals surface area contributed by atoms with E-state index in [9.17, 15) is 14.4 Å². The highest BCUT2D eigenvalue weighted by Gasteiger charge is 2.34. The number of ketones is 1. The predicted octanol–water partition coefficient (Wildman–Crippen LogP) is 0.856. The van der Waals surface area contributed by atoms with Gasteiger partial charge in [-0.15, -0.1) is 0 Å². The highest BCUT2D eigenvalue weighted by molar-refractivity contribution is 6.01. The molecule has 0 aliphatic heterocycles. The number of Topliss-reactive ketones (excluding diaryl/α,β-unsaturated/α-hetero) is 1. The van der Waals surface area contributed by atoms with E-state index in [1.807, 2.05) is 18.3 Å². The van der Waals surface area contributed by atoms with E-state index < -0.39 is 29.7 Å². The van der Waals surface area contributed by atoms with Crippen molar-refractivity contribution in [3.05, 3.63) is 36.5 Å². The minimum absolute atomic E-state index is 0.766. The molecule has 0 aliphatic carbocycles. The molecule has 0 spiro atoms. The fraction of sp³-hybridized carbons (Fsp3) is 0.214. The fourth-order valence-electron chi connectivity index (χ4n) is 1.72.